The molecule has 0 unspecified atom stereocenters. The molecule has 138 valence electrons. The van der Waals surface area contributed by atoms with Crippen LogP contribution in [0.3, 0.4) is 0 Å². The Bertz CT molecular complexity index is 729. The van der Waals surface area contributed by atoms with E-state index >= 15 is 0 Å². The van der Waals surface area contributed by atoms with Crippen molar-refractivity contribution in [3.05, 3.63) is 52.2 Å². The Morgan fingerprint density at radius 3 is 2.46 bits per heavy atom. The lowest BCUT2D eigenvalue weighted by molar-refractivity contribution is -0.139. The molecule has 0 atom stereocenters. The highest BCUT2D eigenvalue weighted by atomic mass is 32.1. The van der Waals surface area contributed by atoms with Gasteiger partial charge < -0.3 is 20.5 Å². The summed E-state index contributed by atoms with van der Waals surface area (Å²) in [4.78, 5) is 33.9. The Morgan fingerprint density at radius 1 is 1.04 bits per heavy atom. The molecule has 1 aromatic carbocycles. The van der Waals surface area contributed by atoms with E-state index in [0.717, 1.165) is 5.56 Å². The normalized spacial score (nSPS) is 10.2. The van der Waals surface area contributed by atoms with Crippen molar-refractivity contribution in [2.24, 2.45) is 0 Å². The summed E-state index contributed by atoms with van der Waals surface area (Å²) in [5.74, 6) is -0.842. The van der Waals surface area contributed by atoms with Crippen molar-refractivity contribution in [2.75, 3.05) is 19.7 Å². The standard InChI is InChI=1S/C18H20N2O5S/c21-16(6-9-20-18(24)14-7-10-26-12-14)19-8-5-13-1-3-15(4-2-13)25-11-17(22)23/h1-4,7,10,12H,5-6,8-9,11H2,(H,19,21)(H,20,24)(H,22,23). The minimum absolute atomic E-state index is 0.128. The molecule has 8 heteroatoms. The second-order valence-corrected chi connectivity index (χ2v) is 6.22. The summed E-state index contributed by atoms with van der Waals surface area (Å²) in [6, 6.07) is 8.77. The zero-order chi connectivity index (χ0) is 18.8. The molecule has 0 radical (unpaired) electrons. The first-order valence-electron chi connectivity index (χ1n) is 8.05. The van der Waals surface area contributed by atoms with Gasteiger partial charge in [-0.15, -0.1) is 0 Å². The van der Waals surface area contributed by atoms with Crippen LogP contribution < -0.4 is 15.4 Å². The molecule has 0 bridgehead atoms. The maximum Gasteiger partial charge on any atom is 0.341 e. The van der Waals surface area contributed by atoms with Crippen molar-refractivity contribution in [1.29, 1.82) is 0 Å². The van der Waals surface area contributed by atoms with Gasteiger partial charge in [-0.2, -0.15) is 11.3 Å². The molecule has 2 amide bonds. The molecule has 1 aromatic heterocycles. The van der Waals surface area contributed by atoms with Crippen molar-refractivity contribution in [2.45, 2.75) is 12.8 Å². The quantitative estimate of drug-likeness (QED) is 0.585. The summed E-state index contributed by atoms with van der Waals surface area (Å²) in [7, 11) is 0. The Kier molecular flexibility index (Phi) is 7.63. The summed E-state index contributed by atoms with van der Waals surface area (Å²) in [6.07, 6.45) is 0.865. The van der Waals surface area contributed by atoms with E-state index in [9.17, 15) is 14.4 Å². The van der Waals surface area contributed by atoms with E-state index in [1.165, 1.54) is 11.3 Å². The van der Waals surface area contributed by atoms with E-state index in [4.69, 9.17) is 9.84 Å². The second kappa shape index (κ2) is 10.2. The van der Waals surface area contributed by atoms with Gasteiger partial charge in [0.2, 0.25) is 5.91 Å². The summed E-state index contributed by atoms with van der Waals surface area (Å²) in [5.41, 5.74) is 1.60. The molecule has 1 heterocycles. The van der Waals surface area contributed by atoms with Crippen LogP contribution in [0.2, 0.25) is 0 Å². The lowest BCUT2D eigenvalue weighted by Gasteiger charge is -2.07. The number of hydrogen-bond donors (Lipinski definition) is 3. The van der Waals surface area contributed by atoms with Crippen LogP contribution in [0.5, 0.6) is 5.75 Å². The monoisotopic (exact) mass is 376 g/mol. The Hall–Kier alpha value is -2.87. The highest BCUT2D eigenvalue weighted by Crippen LogP contribution is 2.12. The van der Waals surface area contributed by atoms with E-state index in [-0.39, 0.29) is 31.4 Å². The van der Waals surface area contributed by atoms with Gasteiger partial charge in [0.15, 0.2) is 6.61 Å². The van der Waals surface area contributed by atoms with Crippen LogP contribution in [0.25, 0.3) is 0 Å². The van der Waals surface area contributed by atoms with Gasteiger partial charge in [-0.1, -0.05) is 12.1 Å². The maximum atomic E-state index is 11.8. The van der Waals surface area contributed by atoms with Gasteiger partial charge >= 0.3 is 5.97 Å². The molecule has 0 aliphatic heterocycles. The van der Waals surface area contributed by atoms with Crippen molar-refractivity contribution in [1.82, 2.24) is 10.6 Å². The van der Waals surface area contributed by atoms with E-state index in [1.54, 1.807) is 23.6 Å². The van der Waals surface area contributed by atoms with Crippen LogP contribution in [-0.2, 0) is 16.0 Å². The number of benzene rings is 1. The smallest absolute Gasteiger partial charge is 0.341 e. The van der Waals surface area contributed by atoms with Crippen molar-refractivity contribution in [3.63, 3.8) is 0 Å². The van der Waals surface area contributed by atoms with Crippen LogP contribution >= 0.6 is 11.3 Å². The molecule has 0 saturated heterocycles. The lowest BCUT2D eigenvalue weighted by atomic mass is 10.1. The van der Waals surface area contributed by atoms with Crippen LogP contribution in [0.15, 0.2) is 41.1 Å². The second-order valence-electron chi connectivity index (χ2n) is 5.44. The number of rotatable bonds is 10. The molecular weight excluding hydrogens is 356 g/mol. The average Bonchev–Trinajstić information content (AvgIpc) is 3.15. The number of hydrogen-bond acceptors (Lipinski definition) is 5. The van der Waals surface area contributed by atoms with Crippen molar-refractivity contribution in [3.8, 4) is 5.75 Å². The number of nitrogens with one attached hydrogen (secondary N) is 2. The first kappa shape index (κ1) is 19.5. The molecule has 0 aliphatic rings. The van der Waals surface area contributed by atoms with Gasteiger partial charge in [0.05, 0.1) is 0 Å². The molecule has 0 fully saturated rings. The Labute approximate surface area is 155 Å². The number of carboxylic acid groups (broad SMARTS) is 1. The van der Waals surface area contributed by atoms with Crippen molar-refractivity contribution >= 4 is 29.1 Å². The maximum absolute atomic E-state index is 11.8. The van der Waals surface area contributed by atoms with Gasteiger partial charge in [0, 0.05) is 30.5 Å². The number of aliphatic carboxylic acids is 1. The van der Waals surface area contributed by atoms with Crippen LogP contribution in [0.1, 0.15) is 22.3 Å². The summed E-state index contributed by atoms with van der Waals surface area (Å²) < 4.78 is 5.05. The molecule has 7 nitrogen and oxygen atoms in total. The van der Waals surface area contributed by atoms with Gasteiger partial charge in [-0.3, -0.25) is 9.59 Å². The molecule has 0 saturated carbocycles. The fourth-order valence-electron chi connectivity index (χ4n) is 2.12. The predicted octanol–water partition coefficient (Wildman–Crippen LogP) is 1.69. The lowest BCUT2D eigenvalue weighted by Crippen LogP contribution is -2.31. The van der Waals surface area contributed by atoms with Gasteiger partial charge in [0.25, 0.3) is 5.91 Å². The van der Waals surface area contributed by atoms with E-state index in [1.807, 2.05) is 17.5 Å². The number of thiophene rings is 1. The number of carboxylic acids is 1. The van der Waals surface area contributed by atoms with Crippen molar-refractivity contribution < 1.29 is 24.2 Å². The van der Waals surface area contributed by atoms with Crippen LogP contribution in [0.4, 0.5) is 0 Å². The highest BCUT2D eigenvalue weighted by Gasteiger charge is 2.06. The topological polar surface area (TPSA) is 105 Å². The molecule has 0 aliphatic carbocycles. The van der Waals surface area contributed by atoms with E-state index in [2.05, 4.69) is 10.6 Å². The van der Waals surface area contributed by atoms with E-state index < -0.39 is 5.97 Å². The molecule has 0 spiro atoms. The fraction of sp³-hybridized carbons (Fsp3) is 0.278. The molecule has 26 heavy (non-hydrogen) atoms. The highest BCUT2D eigenvalue weighted by molar-refractivity contribution is 7.08. The molecule has 2 rings (SSSR count). The SMILES string of the molecule is O=C(O)COc1ccc(CCNC(=O)CCNC(=O)c2ccsc2)cc1. The largest absolute Gasteiger partial charge is 0.482 e. The molecule has 2 aromatic rings. The Morgan fingerprint density at radius 2 is 1.81 bits per heavy atom. The third kappa shape index (κ3) is 6.94. The van der Waals surface area contributed by atoms with E-state index in [0.29, 0.717) is 24.3 Å². The molecular formula is C18H20N2O5S. The summed E-state index contributed by atoms with van der Waals surface area (Å²) in [6.45, 7) is 0.390. The number of ether oxygens (including phenoxy) is 1. The zero-order valence-electron chi connectivity index (χ0n) is 14.1. The third-order valence-electron chi connectivity index (χ3n) is 3.44. The minimum atomic E-state index is -1.02. The Balaban J connectivity index is 1.60. The van der Waals surface area contributed by atoms with Gasteiger partial charge in [0.1, 0.15) is 5.75 Å². The third-order valence-corrected chi connectivity index (χ3v) is 4.13. The predicted molar refractivity (Wildman–Crippen MR) is 97.6 cm³/mol. The fourth-order valence-corrected chi connectivity index (χ4v) is 2.75. The number of carbonyl (C=O) groups excluding carboxylic acids is 2. The first-order chi connectivity index (χ1) is 12.5. The van der Waals surface area contributed by atoms with Gasteiger partial charge in [-0.05, 0) is 35.6 Å². The van der Waals surface area contributed by atoms with Gasteiger partial charge in [-0.25, -0.2) is 4.79 Å². The summed E-state index contributed by atoms with van der Waals surface area (Å²) >= 11 is 1.45. The van der Waals surface area contributed by atoms with Crippen LogP contribution in [-0.4, -0.2) is 42.6 Å². The molecule has 3 N–H and O–H groups in total. The minimum Gasteiger partial charge on any atom is -0.482 e. The summed E-state index contributed by atoms with van der Waals surface area (Å²) in [5, 5.41) is 17.6. The van der Waals surface area contributed by atoms with Crippen LogP contribution in [0, 0.1) is 0 Å². The number of amides is 2. The average molecular weight is 376 g/mol. The number of carbonyl (C=O) groups is 3. The first-order valence-corrected chi connectivity index (χ1v) is 8.99. The zero-order valence-corrected chi connectivity index (χ0v) is 14.9.